The van der Waals surface area contributed by atoms with Gasteiger partial charge in [-0.25, -0.2) is 4.79 Å². The fraction of sp³-hybridized carbons (Fsp3) is 0.414. The van der Waals surface area contributed by atoms with E-state index in [1.54, 1.807) is 14.2 Å². The maximum atomic E-state index is 13.1. The van der Waals surface area contributed by atoms with E-state index < -0.39 is 0 Å². The summed E-state index contributed by atoms with van der Waals surface area (Å²) in [5.41, 5.74) is 2.82. The SMILES string of the molecule is COc1cc2c(OCCCCN3CCOCC3)c3c(c(-c4ccc5c(c4)OCO5)c2cc1OC)C(=O)OC3. The molecule has 9 heteroatoms. The van der Waals surface area contributed by atoms with Gasteiger partial charge < -0.3 is 33.2 Å². The Balaban J connectivity index is 1.40. The number of cyclic esters (lactones) is 1. The number of rotatable bonds is 9. The summed E-state index contributed by atoms with van der Waals surface area (Å²) in [6.45, 7) is 5.40. The average Bonchev–Trinajstić information content (AvgIpc) is 3.58. The van der Waals surface area contributed by atoms with E-state index >= 15 is 0 Å². The number of nitrogens with zero attached hydrogens (tertiary/aromatic N) is 1. The zero-order valence-electron chi connectivity index (χ0n) is 21.7. The van der Waals surface area contributed by atoms with E-state index in [0.717, 1.165) is 73.2 Å². The number of esters is 1. The second-order valence-corrected chi connectivity index (χ2v) is 9.46. The zero-order valence-corrected chi connectivity index (χ0v) is 21.7. The van der Waals surface area contributed by atoms with Gasteiger partial charge in [-0.05, 0) is 54.6 Å². The van der Waals surface area contributed by atoms with Crippen LogP contribution in [0.1, 0.15) is 28.8 Å². The van der Waals surface area contributed by atoms with Crippen molar-refractivity contribution < 1.29 is 38.0 Å². The smallest absolute Gasteiger partial charge is 0.339 e. The van der Waals surface area contributed by atoms with Gasteiger partial charge in [0.2, 0.25) is 6.79 Å². The highest BCUT2D eigenvalue weighted by molar-refractivity contribution is 6.14. The monoisotopic (exact) mass is 521 g/mol. The van der Waals surface area contributed by atoms with Crippen LogP contribution in [-0.4, -0.2) is 71.3 Å². The van der Waals surface area contributed by atoms with Gasteiger partial charge in [-0.1, -0.05) is 6.07 Å². The molecular formula is C29H31NO8. The fourth-order valence-corrected chi connectivity index (χ4v) is 5.36. The Morgan fingerprint density at radius 3 is 2.42 bits per heavy atom. The molecule has 0 saturated carbocycles. The van der Waals surface area contributed by atoms with Crippen molar-refractivity contribution in [1.29, 1.82) is 0 Å². The molecule has 3 aliphatic rings. The van der Waals surface area contributed by atoms with Crippen molar-refractivity contribution in [2.45, 2.75) is 19.4 Å². The Morgan fingerprint density at radius 1 is 0.868 bits per heavy atom. The van der Waals surface area contributed by atoms with E-state index in [0.29, 0.717) is 40.9 Å². The molecule has 3 heterocycles. The highest BCUT2D eigenvalue weighted by Crippen LogP contribution is 2.49. The molecule has 3 aliphatic heterocycles. The fourth-order valence-electron chi connectivity index (χ4n) is 5.36. The minimum atomic E-state index is -0.374. The first-order chi connectivity index (χ1) is 18.7. The van der Waals surface area contributed by atoms with Crippen molar-refractivity contribution in [3.8, 4) is 39.9 Å². The molecule has 1 saturated heterocycles. The number of carbonyl (C=O) groups excluding carboxylic acids is 1. The first-order valence-corrected chi connectivity index (χ1v) is 12.9. The molecule has 0 aromatic heterocycles. The van der Waals surface area contributed by atoms with Crippen molar-refractivity contribution in [3.05, 3.63) is 41.5 Å². The summed E-state index contributed by atoms with van der Waals surface area (Å²) in [6, 6.07) is 9.49. The van der Waals surface area contributed by atoms with Crippen LogP contribution in [0.25, 0.3) is 21.9 Å². The molecule has 0 bridgehead atoms. The van der Waals surface area contributed by atoms with Crippen molar-refractivity contribution in [3.63, 3.8) is 0 Å². The molecule has 0 unspecified atom stereocenters. The largest absolute Gasteiger partial charge is 0.493 e. The number of fused-ring (bicyclic) bond motifs is 3. The number of hydrogen-bond acceptors (Lipinski definition) is 9. The van der Waals surface area contributed by atoms with Crippen molar-refractivity contribution in [2.24, 2.45) is 0 Å². The summed E-state index contributed by atoms with van der Waals surface area (Å²) in [7, 11) is 3.20. The van der Waals surface area contributed by atoms with Gasteiger partial charge in [-0.2, -0.15) is 0 Å². The molecule has 38 heavy (non-hydrogen) atoms. The number of benzene rings is 3. The highest BCUT2D eigenvalue weighted by Gasteiger charge is 2.33. The summed E-state index contributed by atoms with van der Waals surface area (Å²) < 4.78 is 39.8. The average molecular weight is 522 g/mol. The highest BCUT2D eigenvalue weighted by atomic mass is 16.7. The predicted molar refractivity (Wildman–Crippen MR) is 140 cm³/mol. The Kier molecular flexibility index (Phi) is 6.86. The van der Waals surface area contributed by atoms with Gasteiger partial charge in [-0.15, -0.1) is 0 Å². The minimum absolute atomic E-state index is 0.152. The van der Waals surface area contributed by atoms with E-state index in [9.17, 15) is 4.79 Å². The van der Waals surface area contributed by atoms with E-state index in [1.165, 1.54) is 0 Å². The van der Waals surface area contributed by atoms with Gasteiger partial charge in [0.15, 0.2) is 23.0 Å². The summed E-state index contributed by atoms with van der Waals surface area (Å²) in [5.74, 6) is 2.73. The van der Waals surface area contributed by atoms with Gasteiger partial charge in [0.05, 0.1) is 39.6 Å². The number of morpholine rings is 1. The van der Waals surface area contributed by atoms with Gasteiger partial charge in [0.1, 0.15) is 12.4 Å². The minimum Gasteiger partial charge on any atom is -0.493 e. The molecule has 0 amide bonds. The number of ether oxygens (including phenoxy) is 7. The van der Waals surface area contributed by atoms with Gasteiger partial charge in [-0.3, -0.25) is 4.90 Å². The lowest BCUT2D eigenvalue weighted by atomic mass is 9.89. The Hall–Kier alpha value is -3.69. The zero-order chi connectivity index (χ0) is 26.1. The van der Waals surface area contributed by atoms with Crippen molar-refractivity contribution in [1.82, 2.24) is 4.90 Å². The Morgan fingerprint density at radius 2 is 1.63 bits per heavy atom. The molecule has 0 radical (unpaired) electrons. The molecule has 0 aliphatic carbocycles. The summed E-state index contributed by atoms with van der Waals surface area (Å²) >= 11 is 0. The standard InChI is InChI=1S/C29H31NO8/c1-32-23-14-19-20(15-24(23)33-2)28(35-10-4-3-7-30-8-11-34-12-9-30)21-16-36-29(31)27(21)26(19)18-5-6-22-25(13-18)38-17-37-22/h5-6,13-15H,3-4,7-12,16-17H2,1-2H3. The van der Waals surface area contributed by atoms with Crippen molar-refractivity contribution in [2.75, 3.05) is 60.5 Å². The quantitative estimate of drug-likeness (QED) is 0.300. The first-order valence-electron chi connectivity index (χ1n) is 12.9. The van der Waals surface area contributed by atoms with Crippen LogP contribution in [0.3, 0.4) is 0 Å². The Bertz CT molecular complexity index is 1360. The first kappa shape index (κ1) is 24.6. The summed E-state index contributed by atoms with van der Waals surface area (Å²) in [6.07, 6.45) is 1.90. The van der Waals surface area contributed by atoms with Crippen LogP contribution in [0.2, 0.25) is 0 Å². The lowest BCUT2D eigenvalue weighted by Gasteiger charge is -2.26. The normalized spacial score (nSPS) is 16.4. The summed E-state index contributed by atoms with van der Waals surface area (Å²) in [4.78, 5) is 15.5. The number of carbonyl (C=O) groups is 1. The molecule has 6 rings (SSSR count). The van der Waals surface area contributed by atoms with Gasteiger partial charge in [0.25, 0.3) is 0 Å². The maximum absolute atomic E-state index is 13.1. The summed E-state index contributed by atoms with van der Waals surface area (Å²) in [5, 5.41) is 1.64. The molecule has 200 valence electrons. The van der Waals surface area contributed by atoms with E-state index in [2.05, 4.69) is 4.90 Å². The lowest BCUT2D eigenvalue weighted by Crippen LogP contribution is -2.36. The topological polar surface area (TPSA) is 84.9 Å². The second kappa shape index (κ2) is 10.6. The van der Waals surface area contributed by atoms with Crippen LogP contribution in [0.4, 0.5) is 0 Å². The third-order valence-corrected chi connectivity index (χ3v) is 7.30. The molecule has 1 fully saturated rings. The molecule has 0 atom stereocenters. The Labute approximate surface area is 221 Å². The molecule has 0 N–H and O–H groups in total. The molecule has 0 spiro atoms. The molecular weight excluding hydrogens is 490 g/mol. The van der Waals surface area contributed by atoms with Crippen LogP contribution in [0.5, 0.6) is 28.7 Å². The van der Waals surface area contributed by atoms with Crippen LogP contribution in [0, 0.1) is 0 Å². The third-order valence-electron chi connectivity index (χ3n) is 7.30. The van der Waals surface area contributed by atoms with Crippen LogP contribution < -0.4 is 23.7 Å². The number of unbranched alkanes of at least 4 members (excludes halogenated alkanes) is 1. The van der Waals surface area contributed by atoms with Crippen LogP contribution in [0.15, 0.2) is 30.3 Å². The van der Waals surface area contributed by atoms with Crippen LogP contribution in [-0.2, 0) is 16.1 Å². The lowest BCUT2D eigenvalue weighted by molar-refractivity contribution is 0.0368. The number of methoxy groups -OCH3 is 2. The van der Waals surface area contributed by atoms with E-state index in [1.807, 2.05) is 30.3 Å². The number of hydrogen-bond donors (Lipinski definition) is 0. The van der Waals surface area contributed by atoms with Crippen LogP contribution >= 0.6 is 0 Å². The second-order valence-electron chi connectivity index (χ2n) is 9.46. The molecule has 9 nitrogen and oxygen atoms in total. The predicted octanol–water partition coefficient (Wildman–Crippen LogP) is 4.41. The van der Waals surface area contributed by atoms with E-state index in [4.69, 9.17) is 33.2 Å². The van der Waals surface area contributed by atoms with E-state index in [-0.39, 0.29) is 19.4 Å². The van der Waals surface area contributed by atoms with Crippen molar-refractivity contribution >= 4 is 16.7 Å². The van der Waals surface area contributed by atoms with Gasteiger partial charge in [0, 0.05) is 29.6 Å². The molecule has 3 aromatic carbocycles. The third kappa shape index (κ3) is 4.46. The molecule has 3 aromatic rings. The maximum Gasteiger partial charge on any atom is 0.339 e. The van der Waals surface area contributed by atoms with Gasteiger partial charge >= 0.3 is 5.97 Å².